The van der Waals surface area contributed by atoms with Gasteiger partial charge < -0.3 is 10.2 Å². The van der Waals surface area contributed by atoms with Crippen molar-refractivity contribution >= 4 is 17.5 Å². The largest absolute Gasteiger partial charge is 0.336 e. The number of carbonyl (C=O) groups is 2. The number of nitrogens with zero attached hydrogens (tertiary/aromatic N) is 1. The van der Waals surface area contributed by atoms with E-state index in [1.807, 2.05) is 30.0 Å². The maximum Gasteiger partial charge on any atom is 0.254 e. The molecule has 1 unspecified atom stereocenters. The zero-order valence-electron chi connectivity index (χ0n) is 15.4. The number of likely N-dealkylation sites (tertiary alicyclic amines) is 1. The summed E-state index contributed by atoms with van der Waals surface area (Å²) in [4.78, 5) is 26.7. The molecule has 0 saturated carbocycles. The molecule has 2 amide bonds. The van der Waals surface area contributed by atoms with Crippen molar-refractivity contribution < 1.29 is 9.59 Å². The van der Waals surface area contributed by atoms with E-state index in [1.54, 1.807) is 0 Å². The highest BCUT2D eigenvalue weighted by atomic mass is 16.2. The number of aryl methyl sites for hydroxylation is 1. The molecule has 24 heavy (non-hydrogen) atoms. The Balaban J connectivity index is 2.03. The molecule has 0 radical (unpaired) electrons. The molecular weight excluding hydrogens is 300 g/mol. The predicted molar refractivity (Wildman–Crippen MR) is 98.2 cm³/mol. The van der Waals surface area contributed by atoms with Gasteiger partial charge in [-0.25, -0.2) is 0 Å². The normalized spacial score (nSPS) is 17.9. The number of carbonyl (C=O) groups excluding carboxylic acids is 2. The smallest absolute Gasteiger partial charge is 0.254 e. The Morgan fingerprint density at radius 1 is 1.29 bits per heavy atom. The fraction of sp³-hybridized carbons (Fsp3) is 0.600. The van der Waals surface area contributed by atoms with E-state index < -0.39 is 0 Å². The molecule has 0 aliphatic carbocycles. The van der Waals surface area contributed by atoms with Gasteiger partial charge in [-0.2, -0.15) is 0 Å². The predicted octanol–water partition coefficient (Wildman–Crippen LogP) is 4.38. The van der Waals surface area contributed by atoms with Crippen LogP contribution in [0.3, 0.4) is 0 Å². The first-order valence-electron chi connectivity index (χ1n) is 9.10. The third kappa shape index (κ3) is 4.83. The first-order valence-corrected chi connectivity index (χ1v) is 9.10. The summed E-state index contributed by atoms with van der Waals surface area (Å²) in [6.07, 6.45) is 4.77. The number of piperidine rings is 1. The number of nitrogens with one attached hydrogen (secondary N) is 1. The summed E-state index contributed by atoms with van der Waals surface area (Å²) in [7, 11) is 0. The first-order chi connectivity index (χ1) is 11.4. The summed E-state index contributed by atoms with van der Waals surface area (Å²) in [5, 5.41) is 2.96. The second-order valence-electron chi connectivity index (χ2n) is 7.35. The maximum absolute atomic E-state index is 12.7. The number of amides is 2. The van der Waals surface area contributed by atoms with E-state index in [4.69, 9.17) is 0 Å². The number of hydrogen-bond acceptors (Lipinski definition) is 2. The van der Waals surface area contributed by atoms with Crippen LogP contribution in [0.5, 0.6) is 0 Å². The second-order valence-corrected chi connectivity index (χ2v) is 7.35. The molecule has 0 aromatic heterocycles. The van der Waals surface area contributed by atoms with Crippen molar-refractivity contribution in [2.24, 2.45) is 5.92 Å². The third-order valence-corrected chi connectivity index (χ3v) is 4.76. The fourth-order valence-corrected chi connectivity index (χ4v) is 3.14. The van der Waals surface area contributed by atoms with E-state index in [1.165, 1.54) is 6.42 Å². The molecule has 1 heterocycles. The van der Waals surface area contributed by atoms with Crippen molar-refractivity contribution in [2.45, 2.75) is 65.8 Å². The van der Waals surface area contributed by atoms with Gasteiger partial charge in [0.15, 0.2) is 0 Å². The van der Waals surface area contributed by atoms with Gasteiger partial charge in [0.2, 0.25) is 5.91 Å². The van der Waals surface area contributed by atoms with E-state index in [2.05, 4.69) is 26.1 Å². The summed E-state index contributed by atoms with van der Waals surface area (Å²) < 4.78 is 0. The average Bonchev–Trinajstić information content (AvgIpc) is 2.54. The van der Waals surface area contributed by atoms with Gasteiger partial charge >= 0.3 is 0 Å². The van der Waals surface area contributed by atoms with Crippen LogP contribution in [0, 0.1) is 12.8 Å². The van der Waals surface area contributed by atoms with Gasteiger partial charge in [-0.05, 0) is 69.2 Å². The van der Waals surface area contributed by atoms with Crippen LogP contribution in [0.25, 0.3) is 0 Å². The quantitative estimate of drug-likeness (QED) is 0.871. The maximum atomic E-state index is 12.7. The van der Waals surface area contributed by atoms with Crippen LogP contribution < -0.4 is 5.32 Å². The SMILES string of the molecule is Cc1cc(C(=O)N2CCCCC2C)ccc1NC(=O)CCC(C)C. The van der Waals surface area contributed by atoms with Crippen molar-refractivity contribution in [3.8, 4) is 0 Å². The van der Waals surface area contributed by atoms with Crippen LogP contribution in [-0.4, -0.2) is 29.3 Å². The molecule has 1 saturated heterocycles. The topological polar surface area (TPSA) is 49.4 Å². The number of rotatable bonds is 5. The Labute approximate surface area is 145 Å². The lowest BCUT2D eigenvalue weighted by Crippen LogP contribution is -2.42. The molecule has 1 atom stereocenters. The molecule has 1 N–H and O–H groups in total. The van der Waals surface area contributed by atoms with Crippen LogP contribution in [0.2, 0.25) is 0 Å². The summed E-state index contributed by atoms with van der Waals surface area (Å²) in [5.74, 6) is 0.655. The molecule has 0 bridgehead atoms. The van der Waals surface area contributed by atoms with Crippen molar-refractivity contribution in [2.75, 3.05) is 11.9 Å². The lowest BCUT2D eigenvalue weighted by atomic mass is 10.0. The summed E-state index contributed by atoms with van der Waals surface area (Å²) in [6, 6.07) is 5.88. The summed E-state index contributed by atoms with van der Waals surface area (Å²) in [6.45, 7) is 9.12. The van der Waals surface area contributed by atoms with E-state index in [9.17, 15) is 9.59 Å². The van der Waals surface area contributed by atoms with Crippen LogP contribution in [0.4, 0.5) is 5.69 Å². The third-order valence-electron chi connectivity index (χ3n) is 4.76. The van der Waals surface area contributed by atoms with E-state index in [0.717, 1.165) is 37.1 Å². The van der Waals surface area contributed by atoms with Gasteiger partial charge in [0, 0.05) is 30.3 Å². The minimum absolute atomic E-state index is 0.0375. The van der Waals surface area contributed by atoms with Crippen molar-refractivity contribution in [3.63, 3.8) is 0 Å². The molecular formula is C20H30N2O2. The lowest BCUT2D eigenvalue weighted by molar-refractivity contribution is -0.116. The molecule has 132 valence electrons. The summed E-state index contributed by atoms with van der Waals surface area (Å²) >= 11 is 0. The van der Waals surface area contributed by atoms with E-state index in [0.29, 0.717) is 23.9 Å². The zero-order valence-corrected chi connectivity index (χ0v) is 15.4. The average molecular weight is 330 g/mol. The van der Waals surface area contributed by atoms with Gasteiger partial charge in [0.25, 0.3) is 5.91 Å². The monoisotopic (exact) mass is 330 g/mol. The molecule has 1 aliphatic heterocycles. The van der Waals surface area contributed by atoms with Gasteiger partial charge in [0.1, 0.15) is 0 Å². The molecule has 1 aromatic rings. The number of hydrogen-bond donors (Lipinski definition) is 1. The Hall–Kier alpha value is -1.84. The van der Waals surface area contributed by atoms with Gasteiger partial charge in [-0.1, -0.05) is 13.8 Å². The van der Waals surface area contributed by atoms with E-state index in [-0.39, 0.29) is 11.8 Å². The molecule has 4 nitrogen and oxygen atoms in total. The first kappa shape index (κ1) is 18.5. The lowest BCUT2D eigenvalue weighted by Gasteiger charge is -2.33. The van der Waals surface area contributed by atoms with Crippen LogP contribution in [0.1, 0.15) is 68.8 Å². The van der Waals surface area contributed by atoms with Gasteiger partial charge in [-0.15, -0.1) is 0 Å². The van der Waals surface area contributed by atoms with E-state index >= 15 is 0 Å². The minimum Gasteiger partial charge on any atom is -0.336 e. The number of benzene rings is 1. The van der Waals surface area contributed by atoms with Crippen molar-refractivity contribution in [1.82, 2.24) is 4.90 Å². The standard InChI is InChI=1S/C20H30N2O2/c1-14(2)8-11-19(23)21-18-10-9-17(13-15(18)3)20(24)22-12-6-5-7-16(22)4/h9-10,13-14,16H,5-8,11-12H2,1-4H3,(H,21,23). The molecule has 2 rings (SSSR count). The van der Waals surface area contributed by atoms with Crippen LogP contribution in [0.15, 0.2) is 18.2 Å². The molecule has 1 aromatic carbocycles. The highest BCUT2D eigenvalue weighted by Crippen LogP contribution is 2.22. The van der Waals surface area contributed by atoms with Crippen molar-refractivity contribution in [3.05, 3.63) is 29.3 Å². The molecule has 4 heteroatoms. The summed E-state index contributed by atoms with van der Waals surface area (Å²) in [5.41, 5.74) is 2.44. The minimum atomic E-state index is 0.0375. The fourth-order valence-electron chi connectivity index (χ4n) is 3.14. The highest BCUT2D eigenvalue weighted by molar-refractivity contribution is 5.96. The Morgan fingerprint density at radius 3 is 2.67 bits per heavy atom. The van der Waals surface area contributed by atoms with Gasteiger partial charge in [0.05, 0.1) is 0 Å². The Bertz CT molecular complexity index is 595. The second kappa shape index (κ2) is 8.32. The van der Waals surface area contributed by atoms with Crippen LogP contribution >= 0.6 is 0 Å². The molecule has 0 spiro atoms. The number of anilines is 1. The Morgan fingerprint density at radius 2 is 2.04 bits per heavy atom. The molecule has 1 aliphatic rings. The van der Waals surface area contributed by atoms with Gasteiger partial charge in [-0.3, -0.25) is 9.59 Å². The molecule has 1 fully saturated rings. The highest BCUT2D eigenvalue weighted by Gasteiger charge is 2.24. The van der Waals surface area contributed by atoms with Crippen molar-refractivity contribution in [1.29, 1.82) is 0 Å². The Kier molecular flexibility index (Phi) is 6.41. The van der Waals surface area contributed by atoms with Crippen LogP contribution in [-0.2, 0) is 4.79 Å². The zero-order chi connectivity index (χ0) is 17.7.